The monoisotopic (exact) mass is 335 g/mol. The molecule has 0 fully saturated rings. The quantitative estimate of drug-likeness (QED) is 0.823. The number of aliphatic hydroxyl groups excluding tert-OH is 1. The number of ether oxygens (including phenoxy) is 1. The summed E-state index contributed by atoms with van der Waals surface area (Å²) < 4.78 is 44.7. The van der Waals surface area contributed by atoms with E-state index < -0.39 is 17.8 Å². The second-order valence-corrected chi connectivity index (χ2v) is 5.96. The van der Waals surface area contributed by atoms with Gasteiger partial charge < -0.3 is 9.84 Å². The fraction of sp³-hybridized carbons (Fsp3) is 0.538. The van der Waals surface area contributed by atoms with Crippen LogP contribution in [0.1, 0.15) is 19.4 Å². The molecule has 22 heavy (non-hydrogen) atoms. The fourth-order valence-electron chi connectivity index (χ4n) is 1.66. The number of rotatable bonds is 6. The molecule has 0 aliphatic heterocycles. The minimum Gasteiger partial charge on any atom is -0.390 e. The predicted octanol–water partition coefficient (Wildman–Crippen LogP) is 2.63. The molecule has 0 spiro atoms. The van der Waals surface area contributed by atoms with Crippen LogP contribution in [0.4, 0.5) is 13.2 Å². The number of alkyl halides is 3. The van der Waals surface area contributed by atoms with E-state index >= 15 is 0 Å². The van der Waals surface area contributed by atoms with E-state index in [0.717, 1.165) is 24.0 Å². The van der Waals surface area contributed by atoms with Gasteiger partial charge in [0.2, 0.25) is 0 Å². The number of thioether (sulfide) groups is 1. The minimum atomic E-state index is -4.43. The van der Waals surface area contributed by atoms with Crippen LogP contribution in [0.3, 0.4) is 0 Å². The van der Waals surface area contributed by atoms with Crippen molar-refractivity contribution >= 4 is 17.4 Å². The number of pyridine rings is 1. The van der Waals surface area contributed by atoms with Crippen molar-refractivity contribution in [1.82, 2.24) is 14.6 Å². The molecule has 0 saturated heterocycles. The summed E-state index contributed by atoms with van der Waals surface area (Å²) >= 11 is 1.13. The highest BCUT2D eigenvalue weighted by Gasteiger charge is 2.31. The van der Waals surface area contributed by atoms with Crippen LogP contribution in [-0.4, -0.2) is 44.3 Å². The Kier molecular flexibility index (Phi) is 5.30. The molecule has 0 aliphatic carbocycles. The zero-order valence-corrected chi connectivity index (χ0v) is 12.9. The summed E-state index contributed by atoms with van der Waals surface area (Å²) in [5, 5.41) is 17.7. The summed E-state index contributed by atoms with van der Waals surface area (Å²) in [7, 11) is 0. The van der Waals surface area contributed by atoms with E-state index in [1.807, 2.05) is 13.8 Å². The Morgan fingerprint density at radius 2 is 2.05 bits per heavy atom. The van der Waals surface area contributed by atoms with Gasteiger partial charge in [-0.2, -0.15) is 13.2 Å². The first-order chi connectivity index (χ1) is 10.3. The van der Waals surface area contributed by atoms with E-state index in [2.05, 4.69) is 10.2 Å². The van der Waals surface area contributed by atoms with E-state index in [1.54, 1.807) is 0 Å². The molecule has 0 amide bonds. The average molecular weight is 335 g/mol. The van der Waals surface area contributed by atoms with E-state index in [-0.39, 0.29) is 18.5 Å². The first-order valence-electron chi connectivity index (χ1n) is 6.62. The number of aromatic nitrogens is 3. The van der Waals surface area contributed by atoms with Crippen LogP contribution in [0.25, 0.3) is 5.65 Å². The predicted molar refractivity (Wildman–Crippen MR) is 75.8 cm³/mol. The molecule has 2 aromatic heterocycles. The molecule has 0 aromatic carbocycles. The van der Waals surface area contributed by atoms with E-state index in [1.165, 1.54) is 10.5 Å². The Balaban J connectivity index is 2.08. The highest BCUT2D eigenvalue weighted by Crippen LogP contribution is 2.30. The summed E-state index contributed by atoms with van der Waals surface area (Å²) in [5.74, 6) is 0.254. The van der Waals surface area contributed by atoms with Crippen molar-refractivity contribution in [3.8, 4) is 0 Å². The molecule has 0 aliphatic rings. The molecule has 9 heteroatoms. The lowest BCUT2D eigenvalue weighted by Gasteiger charge is -2.12. The number of hydrogen-bond donors (Lipinski definition) is 1. The maximum absolute atomic E-state index is 12.7. The number of fused-ring (bicyclic) bond motifs is 1. The molecule has 0 bridgehead atoms. The second kappa shape index (κ2) is 6.84. The third-order valence-electron chi connectivity index (χ3n) is 2.73. The summed E-state index contributed by atoms with van der Waals surface area (Å²) in [6, 6.07) is 2.22. The third-order valence-corrected chi connectivity index (χ3v) is 3.81. The first kappa shape index (κ1) is 17.0. The Labute approximate surface area is 129 Å². The van der Waals surface area contributed by atoms with Gasteiger partial charge in [-0.25, -0.2) is 0 Å². The van der Waals surface area contributed by atoms with Gasteiger partial charge in [0.15, 0.2) is 10.8 Å². The molecule has 0 saturated carbocycles. The zero-order valence-electron chi connectivity index (χ0n) is 12.0. The lowest BCUT2D eigenvalue weighted by Crippen LogP contribution is -2.20. The van der Waals surface area contributed by atoms with Gasteiger partial charge in [-0.15, -0.1) is 10.2 Å². The van der Waals surface area contributed by atoms with Crippen molar-refractivity contribution in [1.29, 1.82) is 0 Å². The van der Waals surface area contributed by atoms with Gasteiger partial charge in [-0.05, 0) is 26.0 Å². The largest absolute Gasteiger partial charge is 0.417 e. The molecule has 1 N–H and O–H groups in total. The van der Waals surface area contributed by atoms with Gasteiger partial charge in [0, 0.05) is 11.9 Å². The summed E-state index contributed by atoms with van der Waals surface area (Å²) in [6.45, 7) is 3.87. The van der Waals surface area contributed by atoms with Crippen LogP contribution in [0.5, 0.6) is 0 Å². The van der Waals surface area contributed by atoms with Crippen molar-refractivity contribution in [3.05, 3.63) is 23.9 Å². The van der Waals surface area contributed by atoms with Crippen LogP contribution < -0.4 is 0 Å². The Morgan fingerprint density at radius 3 is 2.68 bits per heavy atom. The third kappa shape index (κ3) is 4.34. The molecule has 5 nitrogen and oxygen atoms in total. The van der Waals surface area contributed by atoms with Crippen LogP contribution in [0, 0.1) is 0 Å². The molecule has 2 heterocycles. The lowest BCUT2D eigenvalue weighted by molar-refractivity contribution is -0.137. The number of nitrogens with zero attached hydrogens (tertiary/aromatic N) is 3. The van der Waals surface area contributed by atoms with E-state index in [4.69, 9.17) is 4.74 Å². The number of halogens is 3. The molecule has 2 aromatic rings. The lowest BCUT2D eigenvalue weighted by atomic mass is 10.3. The Bertz CT molecular complexity index is 631. The van der Waals surface area contributed by atoms with Crippen LogP contribution in [0.2, 0.25) is 0 Å². The Morgan fingerprint density at radius 1 is 1.32 bits per heavy atom. The van der Waals surface area contributed by atoms with Gasteiger partial charge in [0.1, 0.15) is 0 Å². The highest BCUT2D eigenvalue weighted by molar-refractivity contribution is 7.99. The average Bonchev–Trinajstić information content (AvgIpc) is 2.84. The van der Waals surface area contributed by atoms with Gasteiger partial charge >= 0.3 is 6.18 Å². The molecule has 122 valence electrons. The van der Waals surface area contributed by atoms with Crippen molar-refractivity contribution in [3.63, 3.8) is 0 Å². The van der Waals surface area contributed by atoms with E-state index in [9.17, 15) is 18.3 Å². The molecular weight excluding hydrogens is 319 g/mol. The topological polar surface area (TPSA) is 59.7 Å². The molecular formula is C13H16F3N3O2S. The molecule has 1 atom stereocenters. The summed E-state index contributed by atoms with van der Waals surface area (Å²) in [4.78, 5) is 0. The standard InChI is InChI=1S/C13H16F3N3O2S/c1-8(2)21-6-10(20)7-22-12-18-17-11-4-3-9(5-19(11)12)13(14,15)16/h3-5,8,10,20H,6-7H2,1-2H3. The van der Waals surface area contributed by atoms with Crippen molar-refractivity contribution < 1.29 is 23.0 Å². The van der Waals surface area contributed by atoms with Crippen molar-refractivity contribution in [2.24, 2.45) is 0 Å². The molecule has 2 rings (SSSR count). The highest BCUT2D eigenvalue weighted by atomic mass is 32.2. The second-order valence-electron chi connectivity index (χ2n) is 4.97. The van der Waals surface area contributed by atoms with E-state index in [0.29, 0.717) is 10.8 Å². The SMILES string of the molecule is CC(C)OCC(O)CSc1nnc2ccc(C(F)(F)F)cn12. The first-order valence-corrected chi connectivity index (χ1v) is 7.60. The fourth-order valence-corrected chi connectivity index (χ4v) is 2.48. The minimum absolute atomic E-state index is 0.00270. The smallest absolute Gasteiger partial charge is 0.390 e. The van der Waals surface area contributed by atoms with Crippen LogP contribution in [0.15, 0.2) is 23.5 Å². The molecule has 1 unspecified atom stereocenters. The van der Waals surface area contributed by atoms with Gasteiger partial charge in [-0.3, -0.25) is 4.40 Å². The van der Waals surface area contributed by atoms with Crippen LogP contribution >= 0.6 is 11.8 Å². The molecule has 0 radical (unpaired) electrons. The van der Waals surface area contributed by atoms with Gasteiger partial charge in [0.25, 0.3) is 0 Å². The van der Waals surface area contributed by atoms with Crippen LogP contribution in [-0.2, 0) is 10.9 Å². The normalized spacial score (nSPS) is 14.0. The van der Waals surface area contributed by atoms with Gasteiger partial charge in [0.05, 0.1) is 24.4 Å². The Hall–Kier alpha value is -1.32. The maximum atomic E-state index is 12.7. The number of aliphatic hydroxyl groups is 1. The zero-order chi connectivity index (χ0) is 16.3. The van der Waals surface area contributed by atoms with Crippen molar-refractivity contribution in [2.45, 2.75) is 37.4 Å². The summed E-state index contributed by atoms with van der Waals surface area (Å²) in [5.41, 5.74) is -0.450. The maximum Gasteiger partial charge on any atom is 0.417 e. The van der Waals surface area contributed by atoms with Gasteiger partial charge in [-0.1, -0.05) is 11.8 Å². The number of hydrogen-bond acceptors (Lipinski definition) is 5. The van der Waals surface area contributed by atoms with Crippen molar-refractivity contribution in [2.75, 3.05) is 12.4 Å². The summed E-state index contributed by atoms with van der Waals surface area (Å²) in [6.07, 6.45) is -4.20.